The van der Waals surface area contributed by atoms with E-state index in [1.165, 1.54) is 24.3 Å². The van der Waals surface area contributed by atoms with Crippen molar-refractivity contribution in [2.24, 2.45) is 5.41 Å². The predicted octanol–water partition coefficient (Wildman–Crippen LogP) is 4.64. The molecular weight excluding hydrogens is 378 g/mol. The molecule has 0 saturated carbocycles. The molecule has 0 radical (unpaired) electrons. The molecule has 154 valence electrons. The molecule has 0 saturated heterocycles. The highest BCUT2D eigenvalue weighted by molar-refractivity contribution is 5.76. The Morgan fingerprint density at radius 3 is 2.32 bits per heavy atom. The molecule has 0 bridgehead atoms. The quantitative estimate of drug-likeness (QED) is 0.635. The summed E-state index contributed by atoms with van der Waals surface area (Å²) in [6.07, 6.45) is -3.96. The molecule has 0 fully saturated rings. The maximum Gasteiger partial charge on any atom is 0.406 e. The van der Waals surface area contributed by atoms with Gasteiger partial charge in [-0.3, -0.25) is 4.79 Å². The second kappa shape index (κ2) is 8.70. The largest absolute Gasteiger partial charge is 0.406 e. The van der Waals surface area contributed by atoms with E-state index in [1.807, 2.05) is 0 Å². The number of rotatable bonds is 7. The van der Waals surface area contributed by atoms with Crippen LogP contribution in [-0.2, 0) is 11.2 Å². The van der Waals surface area contributed by atoms with Gasteiger partial charge in [-0.2, -0.15) is 18.2 Å². The number of hydrogen-bond donors (Lipinski definition) is 0. The van der Waals surface area contributed by atoms with E-state index in [1.54, 1.807) is 20.8 Å². The van der Waals surface area contributed by atoms with Gasteiger partial charge in [-0.05, 0) is 36.1 Å². The lowest BCUT2D eigenvalue weighted by Gasteiger charge is -2.30. The Kier molecular flexibility index (Phi) is 6.79. The zero-order chi connectivity index (χ0) is 20.9. The van der Waals surface area contributed by atoms with Gasteiger partial charge in [0.1, 0.15) is 12.4 Å². The average Bonchev–Trinajstić information content (AvgIpc) is 3.01. The van der Waals surface area contributed by atoms with E-state index in [2.05, 4.69) is 10.1 Å². The molecule has 1 heterocycles. The standard InChI is InChI=1S/C19H23F4N3O2/c1-18(2,3)11-26(12-19(21,22)23)16(27)6-4-5-15-24-17(25-28-15)13-7-9-14(20)10-8-13/h7-10H,4-6,11-12H2,1-3H3. The molecule has 0 N–H and O–H groups in total. The van der Waals surface area contributed by atoms with Crippen LogP contribution in [-0.4, -0.2) is 40.2 Å². The summed E-state index contributed by atoms with van der Waals surface area (Å²) in [6, 6.07) is 5.56. The summed E-state index contributed by atoms with van der Waals surface area (Å²) in [7, 11) is 0. The topological polar surface area (TPSA) is 59.2 Å². The molecule has 0 spiro atoms. The van der Waals surface area contributed by atoms with E-state index in [9.17, 15) is 22.4 Å². The van der Waals surface area contributed by atoms with Gasteiger partial charge in [0.2, 0.25) is 17.6 Å². The van der Waals surface area contributed by atoms with Crippen LogP contribution in [0.2, 0.25) is 0 Å². The van der Waals surface area contributed by atoms with E-state index in [0.717, 1.165) is 4.90 Å². The fourth-order valence-electron chi connectivity index (χ4n) is 2.64. The van der Waals surface area contributed by atoms with Crippen molar-refractivity contribution in [3.05, 3.63) is 36.0 Å². The maximum atomic E-state index is 13.0. The molecule has 28 heavy (non-hydrogen) atoms. The lowest BCUT2D eigenvalue weighted by Crippen LogP contribution is -2.43. The molecule has 0 aliphatic heterocycles. The summed E-state index contributed by atoms with van der Waals surface area (Å²) < 4.78 is 56.3. The average molecular weight is 401 g/mol. The molecule has 2 aromatic rings. The Balaban J connectivity index is 1.91. The number of nitrogens with zero attached hydrogens (tertiary/aromatic N) is 3. The van der Waals surface area contributed by atoms with Gasteiger partial charge in [0, 0.05) is 24.9 Å². The molecule has 0 unspecified atom stereocenters. The molecular formula is C19H23F4N3O2. The van der Waals surface area contributed by atoms with Gasteiger partial charge in [-0.25, -0.2) is 4.39 Å². The van der Waals surface area contributed by atoms with Gasteiger partial charge in [0.25, 0.3) is 0 Å². The zero-order valence-electron chi connectivity index (χ0n) is 16.0. The summed E-state index contributed by atoms with van der Waals surface area (Å²) in [5.41, 5.74) is 0.131. The van der Waals surface area contributed by atoms with Crippen LogP contribution < -0.4 is 0 Å². The predicted molar refractivity (Wildman–Crippen MR) is 94.7 cm³/mol. The third kappa shape index (κ3) is 7.28. The highest BCUT2D eigenvalue weighted by Gasteiger charge is 2.34. The van der Waals surface area contributed by atoms with E-state index in [-0.39, 0.29) is 43.3 Å². The van der Waals surface area contributed by atoms with Crippen molar-refractivity contribution in [1.82, 2.24) is 15.0 Å². The number of halogens is 4. The summed E-state index contributed by atoms with van der Waals surface area (Å²) in [5.74, 6) is -0.395. The molecule has 1 aromatic carbocycles. The van der Waals surface area contributed by atoms with Crippen LogP contribution in [0.4, 0.5) is 17.6 Å². The third-order valence-corrected chi connectivity index (χ3v) is 3.74. The Labute approximate surface area is 160 Å². The van der Waals surface area contributed by atoms with Crippen LogP contribution >= 0.6 is 0 Å². The first-order chi connectivity index (χ1) is 12.9. The van der Waals surface area contributed by atoms with E-state index in [4.69, 9.17) is 4.52 Å². The summed E-state index contributed by atoms with van der Waals surface area (Å²) >= 11 is 0. The van der Waals surface area contributed by atoms with E-state index in [0.29, 0.717) is 5.56 Å². The van der Waals surface area contributed by atoms with Gasteiger partial charge in [-0.1, -0.05) is 25.9 Å². The third-order valence-electron chi connectivity index (χ3n) is 3.74. The van der Waals surface area contributed by atoms with Crippen LogP contribution in [0, 0.1) is 11.2 Å². The van der Waals surface area contributed by atoms with Gasteiger partial charge < -0.3 is 9.42 Å². The number of carbonyl (C=O) groups is 1. The zero-order valence-corrected chi connectivity index (χ0v) is 16.0. The van der Waals surface area contributed by atoms with Crippen molar-refractivity contribution in [1.29, 1.82) is 0 Å². The van der Waals surface area contributed by atoms with E-state index < -0.39 is 24.0 Å². The molecule has 1 amide bonds. The molecule has 1 aromatic heterocycles. The maximum absolute atomic E-state index is 13.0. The van der Waals surface area contributed by atoms with Crippen molar-refractivity contribution in [2.75, 3.05) is 13.1 Å². The first kappa shape index (κ1) is 21.8. The highest BCUT2D eigenvalue weighted by Crippen LogP contribution is 2.22. The molecule has 2 rings (SSSR count). The summed E-state index contributed by atoms with van der Waals surface area (Å²) in [4.78, 5) is 17.3. The van der Waals surface area contributed by atoms with Crippen molar-refractivity contribution in [2.45, 2.75) is 46.2 Å². The lowest BCUT2D eigenvalue weighted by molar-refractivity contribution is -0.163. The number of alkyl halides is 3. The Hall–Kier alpha value is -2.45. The monoisotopic (exact) mass is 401 g/mol. The first-order valence-electron chi connectivity index (χ1n) is 8.86. The van der Waals surface area contributed by atoms with Crippen LogP contribution in [0.1, 0.15) is 39.5 Å². The number of aromatic nitrogens is 2. The second-order valence-corrected chi connectivity index (χ2v) is 7.80. The minimum atomic E-state index is -4.45. The first-order valence-corrected chi connectivity index (χ1v) is 8.86. The minimum Gasteiger partial charge on any atom is -0.339 e. The van der Waals surface area contributed by atoms with Gasteiger partial charge >= 0.3 is 6.18 Å². The Morgan fingerprint density at radius 1 is 1.11 bits per heavy atom. The summed E-state index contributed by atoms with van der Waals surface area (Å²) in [6.45, 7) is 4.08. The van der Waals surface area contributed by atoms with Crippen LogP contribution in [0.15, 0.2) is 28.8 Å². The van der Waals surface area contributed by atoms with Crippen LogP contribution in [0.25, 0.3) is 11.4 Å². The Morgan fingerprint density at radius 2 is 1.75 bits per heavy atom. The SMILES string of the molecule is CC(C)(C)CN(CC(F)(F)F)C(=O)CCCc1nc(-c2ccc(F)cc2)no1. The van der Waals surface area contributed by atoms with Crippen molar-refractivity contribution < 1.29 is 26.9 Å². The van der Waals surface area contributed by atoms with Crippen LogP contribution in [0.5, 0.6) is 0 Å². The Bertz CT molecular complexity index is 764. The van der Waals surface area contributed by atoms with Crippen molar-refractivity contribution in [3.8, 4) is 11.4 Å². The number of carbonyl (C=O) groups excluding carboxylic acids is 1. The van der Waals surface area contributed by atoms with Crippen molar-refractivity contribution in [3.63, 3.8) is 0 Å². The highest BCUT2D eigenvalue weighted by atomic mass is 19.4. The van der Waals surface area contributed by atoms with E-state index >= 15 is 0 Å². The van der Waals surface area contributed by atoms with Crippen molar-refractivity contribution >= 4 is 5.91 Å². The second-order valence-electron chi connectivity index (χ2n) is 7.80. The normalized spacial score (nSPS) is 12.2. The molecule has 5 nitrogen and oxygen atoms in total. The minimum absolute atomic E-state index is 0.0145. The number of amides is 1. The molecule has 9 heteroatoms. The number of aryl methyl sites for hydroxylation is 1. The number of hydrogen-bond acceptors (Lipinski definition) is 4. The van der Waals surface area contributed by atoms with Gasteiger partial charge in [-0.15, -0.1) is 0 Å². The smallest absolute Gasteiger partial charge is 0.339 e. The summed E-state index contributed by atoms with van der Waals surface area (Å²) in [5, 5.41) is 3.79. The van der Waals surface area contributed by atoms with Gasteiger partial charge in [0.05, 0.1) is 0 Å². The van der Waals surface area contributed by atoms with Gasteiger partial charge in [0.15, 0.2) is 0 Å². The molecule has 0 atom stereocenters. The van der Waals surface area contributed by atoms with Crippen LogP contribution in [0.3, 0.4) is 0 Å². The molecule has 0 aliphatic carbocycles. The lowest BCUT2D eigenvalue weighted by atomic mass is 9.95. The number of benzene rings is 1. The fourth-order valence-corrected chi connectivity index (χ4v) is 2.64. The fraction of sp³-hybridized carbons (Fsp3) is 0.526. The molecule has 0 aliphatic rings.